The molecule has 2 aliphatic rings. The number of piperazine rings is 1. The van der Waals surface area contributed by atoms with Gasteiger partial charge in [-0.2, -0.15) is 0 Å². The van der Waals surface area contributed by atoms with Crippen molar-refractivity contribution in [2.75, 3.05) is 60.0 Å². The smallest absolute Gasteiger partial charge is 0.0912 e. The maximum atomic E-state index is 2.64. The number of hydrogen-bond acceptors (Lipinski definition) is 2. The molecular weight excluding hydrogens is 246 g/mol. The van der Waals surface area contributed by atoms with Crippen molar-refractivity contribution in [3.05, 3.63) is 35.9 Å². The van der Waals surface area contributed by atoms with Gasteiger partial charge in [0.1, 0.15) is 0 Å². The van der Waals surface area contributed by atoms with Crippen molar-refractivity contribution < 1.29 is 4.48 Å². The standard InChI is InChI=1S/C17H28N3/c1-20(2)12-10-18(11-13-20)15-19-9-8-17(14-19)16-6-4-3-5-7-16/h3-7,17H,8-15H2,1-2H3/q+1. The molecule has 0 spiro atoms. The monoisotopic (exact) mass is 274 g/mol. The van der Waals surface area contributed by atoms with Gasteiger partial charge in [0.05, 0.1) is 33.9 Å². The average Bonchev–Trinajstić information content (AvgIpc) is 2.91. The molecule has 110 valence electrons. The van der Waals surface area contributed by atoms with Crippen LogP contribution in [0.1, 0.15) is 17.9 Å². The van der Waals surface area contributed by atoms with E-state index < -0.39 is 0 Å². The van der Waals surface area contributed by atoms with E-state index in [1.165, 1.54) is 62.4 Å². The quantitative estimate of drug-likeness (QED) is 0.776. The summed E-state index contributed by atoms with van der Waals surface area (Å²) in [4.78, 5) is 5.28. The van der Waals surface area contributed by atoms with Crippen molar-refractivity contribution in [3.8, 4) is 0 Å². The summed E-state index contributed by atoms with van der Waals surface area (Å²) in [5.41, 5.74) is 1.52. The molecule has 0 aromatic heterocycles. The lowest BCUT2D eigenvalue weighted by Gasteiger charge is -2.40. The molecular formula is C17H28N3+. The van der Waals surface area contributed by atoms with Crippen molar-refractivity contribution in [1.29, 1.82) is 0 Å². The molecule has 0 saturated carbocycles. The summed E-state index contributed by atoms with van der Waals surface area (Å²) in [6, 6.07) is 11.0. The normalized spacial score (nSPS) is 27.8. The third-order valence-corrected chi connectivity index (χ3v) is 4.99. The van der Waals surface area contributed by atoms with Crippen LogP contribution in [-0.2, 0) is 0 Å². The number of rotatable bonds is 3. The Morgan fingerprint density at radius 3 is 2.40 bits per heavy atom. The van der Waals surface area contributed by atoms with Crippen LogP contribution in [0.2, 0.25) is 0 Å². The van der Waals surface area contributed by atoms with Gasteiger partial charge in [-0.25, -0.2) is 0 Å². The van der Waals surface area contributed by atoms with Gasteiger partial charge in [0.2, 0.25) is 0 Å². The van der Waals surface area contributed by atoms with Crippen LogP contribution in [0, 0.1) is 0 Å². The van der Waals surface area contributed by atoms with E-state index in [9.17, 15) is 0 Å². The average molecular weight is 274 g/mol. The number of nitrogens with zero attached hydrogens (tertiary/aromatic N) is 3. The summed E-state index contributed by atoms with van der Waals surface area (Å²) in [6.45, 7) is 8.74. The highest BCUT2D eigenvalue weighted by atomic mass is 15.4. The molecule has 2 saturated heterocycles. The molecule has 1 aromatic carbocycles. The Labute approximate surface area is 123 Å². The molecule has 1 unspecified atom stereocenters. The SMILES string of the molecule is C[N+]1(C)CCN(CN2CCC(c3ccccc3)C2)CC1. The van der Waals surface area contributed by atoms with Gasteiger partial charge in [0, 0.05) is 26.2 Å². The first-order chi connectivity index (χ1) is 9.62. The van der Waals surface area contributed by atoms with E-state index in [1.54, 1.807) is 0 Å². The Kier molecular flexibility index (Phi) is 4.11. The highest BCUT2D eigenvalue weighted by Gasteiger charge is 2.28. The first kappa shape index (κ1) is 14.1. The maximum Gasteiger partial charge on any atom is 0.0912 e. The lowest BCUT2D eigenvalue weighted by Crippen LogP contribution is -2.56. The highest BCUT2D eigenvalue weighted by Crippen LogP contribution is 2.27. The fraction of sp³-hybridized carbons (Fsp3) is 0.647. The van der Waals surface area contributed by atoms with Gasteiger partial charge in [0.25, 0.3) is 0 Å². The zero-order chi connectivity index (χ0) is 14.0. The van der Waals surface area contributed by atoms with Crippen LogP contribution in [0.3, 0.4) is 0 Å². The second-order valence-electron chi connectivity index (χ2n) is 7.12. The van der Waals surface area contributed by atoms with E-state index in [1.807, 2.05) is 0 Å². The third-order valence-electron chi connectivity index (χ3n) is 4.99. The molecule has 3 heteroatoms. The van der Waals surface area contributed by atoms with E-state index in [-0.39, 0.29) is 0 Å². The first-order valence-corrected chi connectivity index (χ1v) is 7.94. The lowest BCUT2D eigenvalue weighted by molar-refractivity contribution is -0.894. The molecule has 20 heavy (non-hydrogen) atoms. The van der Waals surface area contributed by atoms with Crippen LogP contribution in [0.5, 0.6) is 0 Å². The van der Waals surface area contributed by atoms with Gasteiger partial charge >= 0.3 is 0 Å². The third kappa shape index (κ3) is 3.40. The molecule has 0 amide bonds. The summed E-state index contributed by atoms with van der Waals surface area (Å²) < 4.78 is 1.18. The Balaban J connectivity index is 1.49. The van der Waals surface area contributed by atoms with Gasteiger partial charge < -0.3 is 4.48 Å². The Bertz CT molecular complexity index is 419. The number of quaternary nitrogens is 1. The van der Waals surface area contributed by atoms with Crippen molar-refractivity contribution in [3.63, 3.8) is 0 Å². The lowest BCUT2D eigenvalue weighted by atomic mass is 9.99. The van der Waals surface area contributed by atoms with Crippen LogP contribution in [-0.4, -0.2) is 74.3 Å². The second-order valence-corrected chi connectivity index (χ2v) is 7.12. The maximum absolute atomic E-state index is 2.64. The van der Waals surface area contributed by atoms with Crippen molar-refractivity contribution in [2.24, 2.45) is 0 Å². The van der Waals surface area contributed by atoms with Gasteiger partial charge in [-0.3, -0.25) is 9.80 Å². The number of benzene rings is 1. The number of likely N-dealkylation sites (tertiary alicyclic amines) is 1. The zero-order valence-corrected chi connectivity index (χ0v) is 13.0. The number of likely N-dealkylation sites (N-methyl/N-ethyl adjacent to an activating group) is 1. The summed E-state index contributed by atoms with van der Waals surface area (Å²) in [6.07, 6.45) is 1.32. The van der Waals surface area contributed by atoms with Gasteiger partial charge in [-0.1, -0.05) is 30.3 Å². The van der Waals surface area contributed by atoms with E-state index >= 15 is 0 Å². The summed E-state index contributed by atoms with van der Waals surface area (Å²) in [7, 11) is 4.69. The topological polar surface area (TPSA) is 6.48 Å². The van der Waals surface area contributed by atoms with E-state index in [4.69, 9.17) is 0 Å². The van der Waals surface area contributed by atoms with E-state index in [0.29, 0.717) is 0 Å². The zero-order valence-electron chi connectivity index (χ0n) is 13.0. The molecule has 0 N–H and O–H groups in total. The van der Waals surface area contributed by atoms with Gasteiger partial charge in [-0.15, -0.1) is 0 Å². The van der Waals surface area contributed by atoms with Crippen LogP contribution >= 0.6 is 0 Å². The molecule has 0 bridgehead atoms. The van der Waals surface area contributed by atoms with Gasteiger partial charge in [-0.05, 0) is 17.9 Å². The second kappa shape index (κ2) is 5.84. The van der Waals surface area contributed by atoms with Crippen molar-refractivity contribution >= 4 is 0 Å². The first-order valence-electron chi connectivity index (χ1n) is 7.94. The fourth-order valence-corrected chi connectivity index (χ4v) is 3.43. The van der Waals surface area contributed by atoms with Crippen LogP contribution in [0.15, 0.2) is 30.3 Å². The van der Waals surface area contributed by atoms with Crippen molar-refractivity contribution in [2.45, 2.75) is 12.3 Å². The van der Waals surface area contributed by atoms with E-state index in [2.05, 4.69) is 54.2 Å². The van der Waals surface area contributed by atoms with Gasteiger partial charge in [0.15, 0.2) is 0 Å². The summed E-state index contributed by atoms with van der Waals surface area (Å²) >= 11 is 0. The molecule has 3 rings (SSSR count). The predicted molar refractivity (Wildman–Crippen MR) is 83.7 cm³/mol. The summed E-state index contributed by atoms with van der Waals surface area (Å²) in [5, 5.41) is 0. The minimum Gasteiger partial charge on any atom is -0.326 e. The van der Waals surface area contributed by atoms with Crippen molar-refractivity contribution in [1.82, 2.24) is 9.80 Å². The Morgan fingerprint density at radius 2 is 1.70 bits per heavy atom. The summed E-state index contributed by atoms with van der Waals surface area (Å²) in [5.74, 6) is 0.744. The minimum absolute atomic E-state index is 0.744. The molecule has 1 atom stereocenters. The molecule has 0 radical (unpaired) electrons. The van der Waals surface area contributed by atoms with Crippen LogP contribution < -0.4 is 0 Å². The minimum atomic E-state index is 0.744. The molecule has 0 aliphatic carbocycles. The fourth-order valence-electron chi connectivity index (χ4n) is 3.43. The molecule has 2 aliphatic heterocycles. The number of hydrogen-bond donors (Lipinski definition) is 0. The Morgan fingerprint density at radius 1 is 1.00 bits per heavy atom. The molecule has 1 aromatic rings. The highest BCUT2D eigenvalue weighted by molar-refractivity contribution is 5.20. The molecule has 2 heterocycles. The van der Waals surface area contributed by atoms with Crippen LogP contribution in [0.4, 0.5) is 0 Å². The predicted octanol–water partition coefficient (Wildman–Crippen LogP) is 1.83. The van der Waals surface area contributed by atoms with E-state index in [0.717, 1.165) is 5.92 Å². The molecule has 2 fully saturated rings. The van der Waals surface area contributed by atoms with Crippen LogP contribution in [0.25, 0.3) is 0 Å². The largest absolute Gasteiger partial charge is 0.326 e. The molecule has 3 nitrogen and oxygen atoms in total. The Hall–Kier alpha value is -0.900.